The fraction of sp³-hybridized carbons (Fsp3) is 0.750. The van der Waals surface area contributed by atoms with Gasteiger partial charge in [0, 0.05) is 10.8 Å². The van der Waals surface area contributed by atoms with Crippen LogP contribution in [0.5, 0.6) is 0 Å². The van der Waals surface area contributed by atoms with Gasteiger partial charge in [-0.05, 0) is 69.1 Å². The van der Waals surface area contributed by atoms with Gasteiger partial charge >= 0.3 is 0 Å². The number of carbonyl (C=O) groups excluding carboxylic acids is 2. The van der Waals surface area contributed by atoms with E-state index in [0.29, 0.717) is 35.0 Å². The van der Waals surface area contributed by atoms with E-state index in [1.165, 1.54) is 31.0 Å². The van der Waals surface area contributed by atoms with Gasteiger partial charge in [0.25, 0.3) is 0 Å². The van der Waals surface area contributed by atoms with E-state index in [9.17, 15) is 20.1 Å². The smallest absolute Gasteiger partial charge is 0.243 e. The van der Waals surface area contributed by atoms with Crippen LogP contribution in [0.3, 0.4) is 0 Å². The third kappa shape index (κ3) is 3.02. The highest BCUT2D eigenvalue weighted by Crippen LogP contribution is 2.60. The largest absolute Gasteiger partial charge is 0.319 e. The SMILES string of the molecule is N#CC1=C(SCC(=O)C23CC4CC(CC(C4)C2)C3)NC(=O)[C@@H](C#N)C12CCCCC2. The molecule has 5 saturated carbocycles. The number of amides is 1. The monoisotopic (exact) mass is 423 g/mol. The van der Waals surface area contributed by atoms with Crippen molar-refractivity contribution >= 4 is 23.5 Å². The Morgan fingerprint density at radius 3 is 2.17 bits per heavy atom. The van der Waals surface area contributed by atoms with Crippen LogP contribution >= 0.6 is 11.8 Å². The summed E-state index contributed by atoms with van der Waals surface area (Å²) in [7, 11) is 0. The Kier molecular flexibility index (Phi) is 4.98. The average Bonchev–Trinajstić information content (AvgIpc) is 2.72. The van der Waals surface area contributed by atoms with Crippen molar-refractivity contribution in [2.24, 2.45) is 34.5 Å². The number of nitriles is 2. The summed E-state index contributed by atoms with van der Waals surface area (Å²) >= 11 is 1.34. The predicted molar refractivity (Wildman–Crippen MR) is 113 cm³/mol. The van der Waals surface area contributed by atoms with Gasteiger partial charge in [-0.3, -0.25) is 9.59 Å². The van der Waals surface area contributed by atoms with Crippen molar-refractivity contribution in [3.63, 3.8) is 0 Å². The molecule has 1 atom stereocenters. The molecule has 0 aromatic carbocycles. The van der Waals surface area contributed by atoms with Crippen molar-refractivity contribution < 1.29 is 9.59 Å². The maximum absolute atomic E-state index is 13.4. The summed E-state index contributed by atoms with van der Waals surface area (Å²) in [4.78, 5) is 26.2. The topological polar surface area (TPSA) is 93.8 Å². The van der Waals surface area contributed by atoms with Crippen molar-refractivity contribution in [2.75, 3.05) is 5.75 Å². The number of Topliss-reactive ketones (excluding diaryl/α,β-unsaturated/α-hetero) is 1. The molecule has 1 heterocycles. The third-order valence-electron chi connectivity index (χ3n) is 8.74. The molecule has 6 aliphatic rings. The summed E-state index contributed by atoms with van der Waals surface area (Å²) in [5, 5.41) is 23.1. The van der Waals surface area contributed by atoms with Gasteiger partial charge in [-0.2, -0.15) is 10.5 Å². The van der Waals surface area contributed by atoms with Crippen molar-refractivity contribution in [1.82, 2.24) is 5.32 Å². The van der Waals surface area contributed by atoms with Gasteiger partial charge in [-0.15, -0.1) is 0 Å². The second-order valence-corrected chi connectivity index (χ2v) is 11.5. The quantitative estimate of drug-likeness (QED) is 0.720. The fourth-order valence-corrected chi connectivity index (χ4v) is 8.93. The number of allylic oxidation sites excluding steroid dienone is 1. The number of rotatable bonds is 4. The summed E-state index contributed by atoms with van der Waals surface area (Å²) < 4.78 is 0. The number of hydrogen-bond donors (Lipinski definition) is 1. The van der Waals surface area contributed by atoms with E-state index in [4.69, 9.17) is 0 Å². The number of hydrogen-bond acceptors (Lipinski definition) is 5. The van der Waals surface area contributed by atoms with Crippen LogP contribution in [0.1, 0.15) is 70.6 Å². The summed E-state index contributed by atoms with van der Waals surface area (Å²) in [5.74, 6) is 1.67. The van der Waals surface area contributed by atoms with E-state index in [-0.39, 0.29) is 11.3 Å². The van der Waals surface area contributed by atoms with Crippen molar-refractivity contribution in [2.45, 2.75) is 70.6 Å². The standard InChI is InChI=1S/C24H29N3O2S/c25-12-18-21(29)27-22(19(13-26)24(18)4-2-1-3-5-24)30-14-20(28)23-9-15-6-16(10-23)8-17(7-15)11-23/h15-18H,1-11,14H2,(H,27,29)/t15?,16?,17?,18-,23?/m1/s1. The molecule has 0 unspecified atom stereocenters. The minimum Gasteiger partial charge on any atom is -0.319 e. The van der Waals surface area contributed by atoms with E-state index < -0.39 is 11.3 Å². The maximum Gasteiger partial charge on any atom is 0.243 e. The molecule has 4 bridgehead atoms. The minimum atomic E-state index is -0.810. The molecule has 6 rings (SSSR count). The van der Waals surface area contributed by atoms with Gasteiger partial charge in [0.15, 0.2) is 0 Å². The molecule has 0 saturated heterocycles. The number of thioether (sulfide) groups is 1. The molecular formula is C24H29N3O2S. The highest BCUT2D eigenvalue weighted by atomic mass is 32.2. The Labute approximate surface area is 182 Å². The zero-order valence-corrected chi connectivity index (χ0v) is 18.2. The Bertz CT molecular complexity index is 852. The molecule has 0 radical (unpaired) electrons. The van der Waals surface area contributed by atoms with E-state index in [2.05, 4.69) is 17.5 Å². The lowest BCUT2D eigenvalue weighted by Crippen LogP contribution is -2.51. The molecule has 1 aliphatic heterocycles. The molecule has 1 spiro atoms. The third-order valence-corrected chi connectivity index (χ3v) is 9.74. The van der Waals surface area contributed by atoms with Crippen molar-refractivity contribution in [3.05, 3.63) is 10.6 Å². The van der Waals surface area contributed by atoms with E-state index in [0.717, 1.165) is 56.3 Å². The zero-order valence-electron chi connectivity index (χ0n) is 17.4. The fourth-order valence-electron chi connectivity index (χ4n) is 7.78. The highest BCUT2D eigenvalue weighted by molar-refractivity contribution is 8.03. The molecule has 30 heavy (non-hydrogen) atoms. The van der Waals surface area contributed by atoms with Crippen molar-refractivity contribution in [3.8, 4) is 12.1 Å². The summed E-state index contributed by atoms with van der Waals surface area (Å²) in [6.07, 6.45) is 11.4. The molecule has 0 aromatic heterocycles. The molecule has 5 aliphatic carbocycles. The van der Waals surface area contributed by atoms with Crippen LogP contribution in [0.4, 0.5) is 0 Å². The van der Waals surface area contributed by atoms with Gasteiger partial charge in [0.2, 0.25) is 5.91 Å². The van der Waals surface area contributed by atoms with Crippen LogP contribution in [-0.4, -0.2) is 17.4 Å². The lowest BCUT2D eigenvalue weighted by molar-refractivity contribution is -0.141. The Balaban J connectivity index is 1.38. The number of ketones is 1. The molecule has 1 N–H and O–H groups in total. The first-order chi connectivity index (χ1) is 14.5. The first-order valence-electron chi connectivity index (χ1n) is 11.5. The first kappa shape index (κ1) is 20.1. The Morgan fingerprint density at radius 1 is 1.03 bits per heavy atom. The van der Waals surface area contributed by atoms with Gasteiger partial charge in [-0.1, -0.05) is 31.0 Å². The van der Waals surface area contributed by atoms with Crippen LogP contribution in [0.25, 0.3) is 0 Å². The molecular weight excluding hydrogens is 394 g/mol. The summed E-state index contributed by atoms with van der Waals surface area (Å²) in [6.45, 7) is 0. The second-order valence-electron chi connectivity index (χ2n) is 10.5. The lowest BCUT2D eigenvalue weighted by atomic mass is 9.48. The highest BCUT2D eigenvalue weighted by Gasteiger charge is 2.55. The second kappa shape index (κ2) is 7.41. The van der Waals surface area contributed by atoms with E-state index >= 15 is 0 Å². The van der Waals surface area contributed by atoms with Gasteiger partial charge < -0.3 is 5.32 Å². The van der Waals surface area contributed by atoms with Crippen LogP contribution in [-0.2, 0) is 9.59 Å². The van der Waals surface area contributed by atoms with Crippen LogP contribution in [0, 0.1) is 57.2 Å². The zero-order chi connectivity index (χ0) is 20.9. The first-order valence-corrected chi connectivity index (χ1v) is 12.5. The van der Waals surface area contributed by atoms with Gasteiger partial charge in [-0.25, -0.2) is 0 Å². The van der Waals surface area contributed by atoms with E-state index in [1.54, 1.807) is 0 Å². The predicted octanol–water partition coefficient (Wildman–Crippen LogP) is 4.46. The molecule has 1 amide bonds. The van der Waals surface area contributed by atoms with Gasteiger partial charge in [0.05, 0.1) is 28.5 Å². The maximum atomic E-state index is 13.4. The molecule has 5 fully saturated rings. The van der Waals surface area contributed by atoms with Gasteiger partial charge in [0.1, 0.15) is 11.7 Å². The lowest BCUT2D eigenvalue weighted by Gasteiger charge is -2.56. The molecule has 6 heteroatoms. The molecule has 0 aromatic rings. The summed E-state index contributed by atoms with van der Waals surface area (Å²) in [5.41, 5.74) is -0.293. The van der Waals surface area contributed by atoms with Crippen LogP contribution in [0.15, 0.2) is 10.6 Å². The average molecular weight is 424 g/mol. The molecule has 5 nitrogen and oxygen atoms in total. The van der Waals surface area contributed by atoms with Crippen LogP contribution < -0.4 is 5.32 Å². The Morgan fingerprint density at radius 2 is 1.63 bits per heavy atom. The van der Waals surface area contributed by atoms with Crippen molar-refractivity contribution in [1.29, 1.82) is 10.5 Å². The molecule has 158 valence electrons. The van der Waals surface area contributed by atoms with E-state index in [1.807, 2.05) is 0 Å². The number of carbonyl (C=O) groups is 2. The normalized spacial score (nSPS) is 38.8. The Hall–Kier alpha value is -1.79. The number of nitrogens with zero attached hydrogens (tertiary/aromatic N) is 2. The number of nitrogens with one attached hydrogen (secondary N) is 1. The van der Waals surface area contributed by atoms with Crippen LogP contribution in [0.2, 0.25) is 0 Å². The minimum absolute atomic E-state index is 0.161. The summed E-state index contributed by atoms with van der Waals surface area (Å²) in [6, 6.07) is 4.52.